The minimum Gasteiger partial charge on any atom is -0.370 e. The van der Waals surface area contributed by atoms with Gasteiger partial charge in [0.2, 0.25) is 0 Å². The molecule has 0 bridgehead atoms. The van der Waals surface area contributed by atoms with E-state index in [1.165, 1.54) is 18.9 Å². The Bertz CT molecular complexity index is 411. The molecule has 1 unspecified atom stereocenters. The predicted molar refractivity (Wildman–Crippen MR) is 72.6 cm³/mol. The van der Waals surface area contributed by atoms with Crippen LogP contribution in [0.4, 0.5) is 19.0 Å². The molecule has 2 heterocycles. The third-order valence-electron chi connectivity index (χ3n) is 3.49. The zero-order valence-corrected chi connectivity index (χ0v) is 11.6. The van der Waals surface area contributed by atoms with E-state index in [9.17, 15) is 13.2 Å². The molecular weight excluding hydrogens is 267 g/mol. The predicted octanol–water partition coefficient (Wildman–Crippen LogP) is 3.24. The maximum atomic E-state index is 12.4. The highest BCUT2D eigenvalue weighted by Gasteiger charge is 2.30. The first kappa shape index (κ1) is 15.1. The third kappa shape index (κ3) is 4.37. The lowest BCUT2D eigenvalue weighted by Crippen LogP contribution is -2.29. The molecule has 1 N–H and O–H groups in total. The second kappa shape index (κ2) is 6.43. The molecule has 0 saturated carbocycles. The van der Waals surface area contributed by atoms with Crippen molar-refractivity contribution in [1.29, 1.82) is 0 Å². The lowest BCUT2D eigenvalue weighted by molar-refractivity contribution is -0.137. The van der Waals surface area contributed by atoms with E-state index in [1.807, 2.05) is 0 Å². The Labute approximate surface area is 117 Å². The number of nitrogens with zero attached hydrogens (tertiary/aromatic N) is 2. The first-order valence-corrected chi connectivity index (χ1v) is 6.94. The van der Waals surface area contributed by atoms with Gasteiger partial charge in [0.15, 0.2) is 0 Å². The number of hydrogen-bond acceptors (Lipinski definition) is 3. The van der Waals surface area contributed by atoms with Gasteiger partial charge in [-0.15, -0.1) is 0 Å². The van der Waals surface area contributed by atoms with Crippen molar-refractivity contribution >= 4 is 5.82 Å². The van der Waals surface area contributed by atoms with Crippen molar-refractivity contribution in [3.63, 3.8) is 0 Å². The molecule has 2 rings (SSSR count). The van der Waals surface area contributed by atoms with Crippen LogP contribution in [-0.4, -0.2) is 36.1 Å². The van der Waals surface area contributed by atoms with E-state index < -0.39 is 11.7 Å². The van der Waals surface area contributed by atoms with Gasteiger partial charge in [0.25, 0.3) is 0 Å². The summed E-state index contributed by atoms with van der Waals surface area (Å²) in [6.45, 7) is 6.18. The molecule has 0 aromatic carbocycles. The molecule has 3 nitrogen and oxygen atoms in total. The summed E-state index contributed by atoms with van der Waals surface area (Å²) in [5.74, 6) is 0.934. The first-order valence-electron chi connectivity index (χ1n) is 6.94. The van der Waals surface area contributed by atoms with E-state index in [0.29, 0.717) is 11.7 Å². The summed E-state index contributed by atoms with van der Waals surface area (Å²) in [6.07, 6.45) is -0.927. The van der Waals surface area contributed by atoms with Crippen LogP contribution in [0.1, 0.15) is 25.3 Å². The summed E-state index contributed by atoms with van der Waals surface area (Å²) >= 11 is 0. The molecule has 1 aliphatic heterocycles. The monoisotopic (exact) mass is 287 g/mol. The Morgan fingerprint density at radius 2 is 2.00 bits per heavy atom. The summed E-state index contributed by atoms with van der Waals surface area (Å²) in [4.78, 5) is 6.23. The summed E-state index contributed by atoms with van der Waals surface area (Å²) in [7, 11) is 0. The maximum Gasteiger partial charge on any atom is 0.417 e. The molecule has 0 amide bonds. The maximum absolute atomic E-state index is 12.4. The van der Waals surface area contributed by atoms with E-state index in [0.717, 1.165) is 38.4 Å². The van der Waals surface area contributed by atoms with E-state index in [-0.39, 0.29) is 0 Å². The van der Waals surface area contributed by atoms with Crippen molar-refractivity contribution < 1.29 is 13.2 Å². The molecule has 1 aliphatic rings. The van der Waals surface area contributed by atoms with Crippen molar-refractivity contribution in [3.8, 4) is 0 Å². The number of pyridine rings is 1. The summed E-state index contributed by atoms with van der Waals surface area (Å²) < 4.78 is 37.2. The Kier molecular flexibility index (Phi) is 4.86. The van der Waals surface area contributed by atoms with Crippen LogP contribution < -0.4 is 5.32 Å². The molecule has 1 aromatic heterocycles. The Balaban J connectivity index is 1.78. The Morgan fingerprint density at radius 1 is 1.30 bits per heavy atom. The number of anilines is 1. The number of halogens is 3. The second-order valence-electron chi connectivity index (χ2n) is 5.42. The average Bonchev–Trinajstić information content (AvgIpc) is 2.88. The van der Waals surface area contributed by atoms with Gasteiger partial charge in [0.05, 0.1) is 5.56 Å². The highest BCUT2D eigenvalue weighted by molar-refractivity contribution is 5.36. The van der Waals surface area contributed by atoms with Gasteiger partial charge >= 0.3 is 6.18 Å². The minimum absolute atomic E-state index is 0.442. The third-order valence-corrected chi connectivity index (χ3v) is 3.49. The van der Waals surface area contributed by atoms with Gasteiger partial charge in [-0.2, -0.15) is 13.2 Å². The topological polar surface area (TPSA) is 28.2 Å². The van der Waals surface area contributed by atoms with E-state index >= 15 is 0 Å². The molecule has 1 saturated heterocycles. The zero-order valence-electron chi connectivity index (χ0n) is 11.6. The zero-order chi connectivity index (χ0) is 14.6. The molecule has 1 atom stereocenters. The van der Waals surface area contributed by atoms with Crippen LogP contribution in [0, 0.1) is 5.92 Å². The van der Waals surface area contributed by atoms with Crippen LogP contribution in [0.2, 0.25) is 0 Å². The van der Waals surface area contributed by atoms with Crippen molar-refractivity contribution in [2.75, 3.05) is 31.5 Å². The summed E-state index contributed by atoms with van der Waals surface area (Å²) in [6, 6.07) is 2.44. The normalized spacial score (nSPS) is 18.2. The number of nitrogens with one attached hydrogen (secondary N) is 1. The van der Waals surface area contributed by atoms with Gasteiger partial charge in [0, 0.05) is 19.3 Å². The van der Waals surface area contributed by atoms with Gasteiger partial charge in [-0.05, 0) is 44.0 Å². The van der Waals surface area contributed by atoms with Crippen LogP contribution in [0.15, 0.2) is 18.3 Å². The SMILES string of the molecule is CC(CNc1ccc(C(F)(F)F)cn1)CN1CCCC1. The summed E-state index contributed by atoms with van der Waals surface area (Å²) in [5, 5.41) is 3.09. The van der Waals surface area contributed by atoms with E-state index in [1.54, 1.807) is 0 Å². The molecule has 1 aromatic rings. The molecule has 20 heavy (non-hydrogen) atoms. The van der Waals surface area contributed by atoms with Crippen LogP contribution >= 0.6 is 0 Å². The lowest BCUT2D eigenvalue weighted by atomic mass is 10.1. The average molecular weight is 287 g/mol. The van der Waals surface area contributed by atoms with Crippen molar-refractivity contribution in [3.05, 3.63) is 23.9 Å². The number of alkyl halides is 3. The van der Waals surface area contributed by atoms with Gasteiger partial charge < -0.3 is 10.2 Å². The van der Waals surface area contributed by atoms with Crippen molar-refractivity contribution in [2.24, 2.45) is 5.92 Å². The highest BCUT2D eigenvalue weighted by atomic mass is 19.4. The number of aromatic nitrogens is 1. The van der Waals surface area contributed by atoms with Crippen LogP contribution in [0.5, 0.6) is 0 Å². The van der Waals surface area contributed by atoms with Gasteiger partial charge in [-0.25, -0.2) is 4.98 Å². The second-order valence-corrected chi connectivity index (χ2v) is 5.42. The molecular formula is C14H20F3N3. The largest absolute Gasteiger partial charge is 0.417 e. The van der Waals surface area contributed by atoms with Crippen LogP contribution in [0.25, 0.3) is 0 Å². The van der Waals surface area contributed by atoms with Crippen molar-refractivity contribution in [1.82, 2.24) is 9.88 Å². The molecule has 0 radical (unpaired) electrons. The highest BCUT2D eigenvalue weighted by Crippen LogP contribution is 2.28. The van der Waals surface area contributed by atoms with E-state index in [2.05, 4.69) is 22.1 Å². The van der Waals surface area contributed by atoms with Crippen LogP contribution in [-0.2, 0) is 6.18 Å². The summed E-state index contributed by atoms with van der Waals surface area (Å²) in [5.41, 5.74) is -0.715. The fraction of sp³-hybridized carbons (Fsp3) is 0.643. The Hall–Kier alpha value is -1.30. The molecule has 6 heteroatoms. The van der Waals surface area contributed by atoms with Crippen molar-refractivity contribution in [2.45, 2.75) is 25.9 Å². The van der Waals surface area contributed by atoms with Crippen LogP contribution in [0.3, 0.4) is 0 Å². The first-order chi connectivity index (χ1) is 9.45. The molecule has 112 valence electrons. The molecule has 1 fully saturated rings. The fourth-order valence-electron chi connectivity index (χ4n) is 2.42. The lowest BCUT2D eigenvalue weighted by Gasteiger charge is -2.20. The number of likely N-dealkylation sites (tertiary alicyclic amines) is 1. The molecule has 0 aliphatic carbocycles. The van der Waals surface area contributed by atoms with Gasteiger partial charge in [-0.3, -0.25) is 0 Å². The van der Waals surface area contributed by atoms with Gasteiger partial charge in [-0.1, -0.05) is 6.92 Å². The number of hydrogen-bond donors (Lipinski definition) is 1. The molecule has 0 spiro atoms. The fourth-order valence-corrected chi connectivity index (χ4v) is 2.42. The number of rotatable bonds is 5. The smallest absolute Gasteiger partial charge is 0.370 e. The van der Waals surface area contributed by atoms with Gasteiger partial charge in [0.1, 0.15) is 5.82 Å². The standard InChI is InChI=1S/C14H20F3N3/c1-11(10-20-6-2-3-7-20)8-18-13-5-4-12(9-19-13)14(15,16)17/h4-5,9,11H,2-3,6-8,10H2,1H3,(H,18,19). The minimum atomic E-state index is -4.32. The van der Waals surface area contributed by atoms with E-state index in [4.69, 9.17) is 0 Å². The Morgan fingerprint density at radius 3 is 2.55 bits per heavy atom. The quantitative estimate of drug-likeness (QED) is 0.901.